The minimum absolute atomic E-state index is 0.410. The van der Waals surface area contributed by atoms with Crippen molar-refractivity contribution >= 4 is 21.7 Å². The summed E-state index contributed by atoms with van der Waals surface area (Å²) in [7, 11) is 1.63. The van der Waals surface area contributed by atoms with Crippen molar-refractivity contribution in [3.8, 4) is 11.5 Å². The number of nitrogens with two attached hydrogens (primary N) is 1. The smallest absolute Gasteiger partial charge is 0.166 e. The first-order valence-electron chi connectivity index (χ1n) is 5.78. The number of pyridine rings is 1. The van der Waals surface area contributed by atoms with Crippen molar-refractivity contribution in [3.05, 3.63) is 46.1 Å². The van der Waals surface area contributed by atoms with Crippen LogP contribution >= 0.6 is 15.9 Å². The maximum absolute atomic E-state index is 5.80. The highest BCUT2D eigenvalue weighted by Crippen LogP contribution is 2.26. The van der Waals surface area contributed by atoms with Crippen molar-refractivity contribution < 1.29 is 9.47 Å². The molecular weight excluding hydrogens is 308 g/mol. The van der Waals surface area contributed by atoms with Crippen molar-refractivity contribution in [2.24, 2.45) is 0 Å². The van der Waals surface area contributed by atoms with Crippen LogP contribution in [0.25, 0.3) is 0 Å². The molecule has 1 heterocycles. The van der Waals surface area contributed by atoms with Crippen LogP contribution < -0.4 is 15.2 Å². The van der Waals surface area contributed by atoms with Crippen LogP contribution in [0.3, 0.4) is 0 Å². The molecule has 0 aliphatic rings. The van der Waals surface area contributed by atoms with E-state index in [1.807, 2.05) is 37.3 Å². The second-order valence-electron chi connectivity index (χ2n) is 4.09. The van der Waals surface area contributed by atoms with Crippen LogP contribution in [0, 0.1) is 6.92 Å². The summed E-state index contributed by atoms with van der Waals surface area (Å²) >= 11 is 3.44. The molecule has 2 aromatic rings. The topological polar surface area (TPSA) is 57.4 Å². The largest absolute Gasteiger partial charge is 0.496 e. The minimum atomic E-state index is 0.410. The van der Waals surface area contributed by atoms with E-state index in [9.17, 15) is 0 Å². The zero-order chi connectivity index (χ0) is 13.8. The highest BCUT2D eigenvalue weighted by Gasteiger charge is 2.05. The number of rotatable bonds is 4. The Bertz CT molecular complexity index is 588. The summed E-state index contributed by atoms with van der Waals surface area (Å²) in [6, 6.07) is 9.49. The van der Waals surface area contributed by atoms with Gasteiger partial charge in [-0.3, -0.25) is 0 Å². The number of ether oxygens (including phenoxy) is 2. The average Bonchev–Trinajstić information content (AvgIpc) is 2.38. The van der Waals surface area contributed by atoms with Crippen LogP contribution in [0.4, 0.5) is 5.82 Å². The summed E-state index contributed by atoms with van der Waals surface area (Å²) in [5.74, 6) is 1.80. The monoisotopic (exact) mass is 322 g/mol. The molecule has 0 aliphatic carbocycles. The first-order valence-corrected chi connectivity index (χ1v) is 6.58. The maximum atomic E-state index is 5.80. The van der Waals surface area contributed by atoms with Crippen molar-refractivity contribution in [1.29, 1.82) is 0 Å². The fraction of sp³-hybridized carbons (Fsp3) is 0.214. The standard InChI is InChI=1S/C14H15BrN2O2/c1-9-3-5-13(14(16)17-9)19-8-10-4-6-12(18-2)11(15)7-10/h3-7H,8H2,1-2H3,(H2,16,17). The van der Waals surface area contributed by atoms with E-state index in [2.05, 4.69) is 20.9 Å². The molecule has 100 valence electrons. The number of nitrogen functional groups attached to an aromatic ring is 1. The van der Waals surface area contributed by atoms with Crippen molar-refractivity contribution in [2.75, 3.05) is 12.8 Å². The Morgan fingerprint density at radius 3 is 2.58 bits per heavy atom. The van der Waals surface area contributed by atoms with Crippen molar-refractivity contribution in [2.45, 2.75) is 13.5 Å². The number of hydrogen-bond donors (Lipinski definition) is 1. The zero-order valence-electron chi connectivity index (χ0n) is 10.8. The van der Waals surface area contributed by atoms with Gasteiger partial charge < -0.3 is 15.2 Å². The third kappa shape index (κ3) is 3.38. The first-order chi connectivity index (χ1) is 9.10. The van der Waals surface area contributed by atoms with Gasteiger partial charge in [-0.25, -0.2) is 4.98 Å². The Morgan fingerprint density at radius 1 is 1.21 bits per heavy atom. The molecule has 0 saturated carbocycles. The average molecular weight is 323 g/mol. The molecule has 0 amide bonds. The van der Waals surface area contributed by atoms with Crippen LogP contribution in [0.15, 0.2) is 34.8 Å². The van der Waals surface area contributed by atoms with Gasteiger partial charge in [0.25, 0.3) is 0 Å². The molecule has 0 bridgehead atoms. The molecule has 5 heteroatoms. The Kier molecular flexibility index (Phi) is 4.27. The Hall–Kier alpha value is -1.75. The van der Waals surface area contributed by atoms with Crippen LogP contribution in [-0.2, 0) is 6.61 Å². The Labute approximate surface area is 120 Å². The van der Waals surface area contributed by atoms with E-state index in [1.165, 1.54) is 0 Å². The minimum Gasteiger partial charge on any atom is -0.496 e. The number of hydrogen-bond acceptors (Lipinski definition) is 4. The normalized spacial score (nSPS) is 10.3. The van der Waals surface area contributed by atoms with Crippen LogP contribution in [0.5, 0.6) is 11.5 Å². The van der Waals surface area contributed by atoms with Gasteiger partial charge in [0.05, 0.1) is 11.6 Å². The summed E-state index contributed by atoms with van der Waals surface area (Å²) in [6.07, 6.45) is 0. The fourth-order valence-electron chi connectivity index (χ4n) is 1.65. The Morgan fingerprint density at radius 2 is 1.95 bits per heavy atom. The molecule has 0 aliphatic heterocycles. The number of methoxy groups -OCH3 is 1. The van der Waals surface area contributed by atoms with Gasteiger partial charge in [0.2, 0.25) is 0 Å². The maximum Gasteiger partial charge on any atom is 0.166 e. The predicted molar refractivity (Wildman–Crippen MR) is 78.4 cm³/mol. The second kappa shape index (κ2) is 5.93. The van der Waals surface area contributed by atoms with Crippen molar-refractivity contribution in [3.63, 3.8) is 0 Å². The zero-order valence-corrected chi connectivity index (χ0v) is 12.4. The molecule has 19 heavy (non-hydrogen) atoms. The van der Waals surface area contributed by atoms with E-state index in [1.54, 1.807) is 7.11 Å². The Balaban J connectivity index is 2.08. The SMILES string of the molecule is COc1ccc(COc2ccc(C)nc2N)cc1Br. The second-order valence-corrected chi connectivity index (χ2v) is 4.95. The molecule has 2 N–H and O–H groups in total. The molecule has 0 spiro atoms. The van der Waals surface area contributed by atoms with Gasteiger partial charge in [0, 0.05) is 5.69 Å². The van der Waals surface area contributed by atoms with E-state index in [0.717, 1.165) is 21.5 Å². The summed E-state index contributed by atoms with van der Waals surface area (Å²) in [4.78, 5) is 4.15. The number of halogens is 1. The van der Waals surface area contributed by atoms with E-state index in [4.69, 9.17) is 15.2 Å². The molecule has 0 radical (unpaired) electrons. The number of anilines is 1. The fourth-order valence-corrected chi connectivity index (χ4v) is 2.23. The third-order valence-corrected chi connectivity index (χ3v) is 3.26. The lowest BCUT2D eigenvalue weighted by atomic mass is 10.2. The molecule has 0 saturated heterocycles. The van der Waals surface area contributed by atoms with Crippen LogP contribution in [-0.4, -0.2) is 12.1 Å². The van der Waals surface area contributed by atoms with E-state index < -0.39 is 0 Å². The molecule has 0 unspecified atom stereocenters. The summed E-state index contributed by atoms with van der Waals surface area (Å²) in [5.41, 5.74) is 7.69. The number of nitrogens with zero attached hydrogens (tertiary/aromatic N) is 1. The number of benzene rings is 1. The number of aromatic nitrogens is 1. The predicted octanol–water partition coefficient (Wildman–Crippen LogP) is 3.32. The lowest BCUT2D eigenvalue weighted by Crippen LogP contribution is -2.01. The lowest BCUT2D eigenvalue weighted by Gasteiger charge is -2.10. The van der Waals surface area contributed by atoms with Gasteiger partial charge in [0.15, 0.2) is 11.6 Å². The van der Waals surface area contributed by atoms with Gasteiger partial charge in [-0.05, 0) is 52.7 Å². The van der Waals surface area contributed by atoms with Crippen LogP contribution in [0.2, 0.25) is 0 Å². The highest BCUT2D eigenvalue weighted by molar-refractivity contribution is 9.10. The quantitative estimate of drug-likeness (QED) is 0.938. The molecule has 0 fully saturated rings. The van der Waals surface area contributed by atoms with Gasteiger partial charge in [-0.1, -0.05) is 6.07 Å². The van der Waals surface area contributed by atoms with Gasteiger partial charge in [-0.15, -0.1) is 0 Å². The summed E-state index contributed by atoms with van der Waals surface area (Å²) < 4.78 is 11.7. The van der Waals surface area contributed by atoms with E-state index in [0.29, 0.717) is 18.2 Å². The van der Waals surface area contributed by atoms with E-state index >= 15 is 0 Å². The molecular formula is C14H15BrN2O2. The van der Waals surface area contributed by atoms with Crippen molar-refractivity contribution in [1.82, 2.24) is 4.98 Å². The molecule has 1 aromatic heterocycles. The van der Waals surface area contributed by atoms with Gasteiger partial charge in [-0.2, -0.15) is 0 Å². The molecule has 4 nitrogen and oxygen atoms in total. The summed E-state index contributed by atoms with van der Waals surface area (Å²) in [5, 5.41) is 0. The van der Waals surface area contributed by atoms with Gasteiger partial charge >= 0.3 is 0 Å². The molecule has 1 aromatic carbocycles. The lowest BCUT2D eigenvalue weighted by molar-refractivity contribution is 0.306. The first kappa shape index (κ1) is 13.7. The van der Waals surface area contributed by atoms with Gasteiger partial charge in [0.1, 0.15) is 12.4 Å². The highest BCUT2D eigenvalue weighted by atomic mass is 79.9. The van der Waals surface area contributed by atoms with E-state index in [-0.39, 0.29) is 0 Å². The molecule has 2 rings (SSSR count). The summed E-state index contributed by atoms with van der Waals surface area (Å²) in [6.45, 7) is 2.32. The molecule has 0 atom stereocenters. The third-order valence-electron chi connectivity index (χ3n) is 2.64. The number of aryl methyl sites for hydroxylation is 1. The van der Waals surface area contributed by atoms with Crippen LogP contribution in [0.1, 0.15) is 11.3 Å².